The minimum Gasteiger partial charge on any atom is -0.490 e. The van der Waals surface area contributed by atoms with E-state index in [1.807, 2.05) is 25.1 Å². The summed E-state index contributed by atoms with van der Waals surface area (Å²) >= 11 is 30.8. The topological polar surface area (TPSA) is 38.8 Å². The van der Waals surface area contributed by atoms with Gasteiger partial charge in [0.05, 0.1) is 25.8 Å². The van der Waals surface area contributed by atoms with E-state index in [4.69, 9.17) is 56.5 Å². The Hall–Kier alpha value is -1.01. The zero-order valence-electron chi connectivity index (χ0n) is 18.5. The molecule has 1 saturated heterocycles. The summed E-state index contributed by atoms with van der Waals surface area (Å²) in [7, 11) is 0. The molecule has 1 heterocycles. The molecular weight excluding hydrogens is 740 g/mol. The quantitative estimate of drug-likeness (QED) is 0.137. The molecule has 0 saturated carbocycles. The Morgan fingerprint density at radius 2 is 1.86 bits per heavy atom. The number of nitrogens with zero attached hydrogens (tertiary/aromatic N) is 1. The molecule has 4 nitrogen and oxygen atoms in total. The van der Waals surface area contributed by atoms with Gasteiger partial charge in [-0.3, -0.25) is 9.69 Å². The van der Waals surface area contributed by atoms with Crippen molar-refractivity contribution in [2.24, 2.45) is 0 Å². The van der Waals surface area contributed by atoms with Crippen molar-refractivity contribution in [3.63, 3.8) is 0 Å². The van der Waals surface area contributed by atoms with Crippen molar-refractivity contribution < 1.29 is 14.3 Å². The van der Waals surface area contributed by atoms with Crippen LogP contribution < -0.4 is 14.4 Å². The van der Waals surface area contributed by atoms with E-state index in [0.29, 0.717) is 48.1 Å². The number of hydrogen-bond acceptors (Lipinski definition) is 5. The summed E-state index contributed by atoms with van der Waals surface area (Å²) in [5.74, 6) is 0.947. The number of carbonyl (C=O) groups excluding carboxylic acids is 1. The maximum absolute atomic E-state index is 13.2. The lowest BCUT2D eigenvalue weighted by molar-refractivity contribution is -0.113. The van der Waals surface area contributed by atoms with Gasteiger partial charge >= 0.3 is 0 Å². The molecule has 0 spiro atoms. The van der Waals surface area contributed by atoms with Crippen LogP contribution in [0.1, 0.15) is 18.1 Å². The van der Waals surface area contributed by atoms with E-state index in [0.717, 1.165) is 19.2 Å². The van der Waals surface area contributed by atoms with Gasteiger partial charge in [0.15, 0.2) is 15.8 Å². The third-order valence-corrected chi connectivity index (χ3v) is 8.89. The first-order valence-corrected chi connectivity index (χ1v) is 14.7. The second-order valence-corrected chi connectivity index (χ2v) is 12.3. The van der Waals surface area contributed by atoms with Crippen LogP contribution in [-0.4, -0.2) is 16.8 Å². The van der Waals surface area contributed by atoms with Crippen LogP contribution >= 0.6 is 97.3 Å². The summed E-state index contributed by atoms with van der Waals surface area (Å²) in [5.41, 5.74) is 2.21. The zero-order chi connectivity index (χ0) is 26.0. The van der Waals surface area contributed by atoms with Crippen molar-refractivity contribution >= 4 is 119 Å². The van der Waals surface area contributed by atoms with Gasteiger partial charge in [-0.15, -0.1) is 0 Å². The van der Waals surface area contributed by atoms with Crippen LogP contribution in [0.3, 0.4) is 0 Å². The van der Waals surface area contributed by atoms with E-state index in [-0.39, 0.29) is 12.5 Å². The SMILES string of the molecule is CCOc1cc(/C=C2/SC(=S)N(c3ccc(Br)c(Cl)c3)C2=O)cc(I)c1OCc1ccc(Cl)cc1Cl. The standard InChI is InChI=1S/C25H16BrCl3INO3S2/c1-2-33-21-8-13(7-20(30)23(21)34-12-14-3-4-15(27)10-18(14)28)9-22-24(32)31(25(35)36-22)16-5-6-17(26)19(29)11-16/h3-11H,2,12H2,1H3/b22-9+. The van der Waals surface area contributed by atoms with Crippen LogP contribution in [-0.2, 0) is 11.4 Å². The first-order chi connectivity index (χ1) is 17.2. The van der Waals surface area contributed by atoms with Gasteiger partial charge in [0.2, 0.25) is 0 Å². The number of benzene rings is 3. The molecule has 1 amide bonds. The van der Waals surface area contributed by atoms with E-state index in [1.165, 1.54) is 16.7 Å². The van der Waals surface area contributed by atoms with Gasteiger partial charge in [0.1, 0.15) is 6.61 Å². The predicted octanol–water partition coefficient (Wildman–Crippen LogP) is 9.40. The highest BCUT2D eigenvalue weighted by atomic mass is 127. The number of amides is 1. The van der Waals surface area contributed by atoms with Crippen LogP contribution in [0, 0.1) is 3.57 Å². The van der Waals surface area contributed by atoms with Gasteiger partial charge in [-0.1, -0.05) is 64.8 Å². The number of ether oxygens (including phenoxy) is 2. The number of thioether (sulfide) groups is 1. The highest BCUT2D eigenvalue weighted by Gasteiger charge is 2.33. The fraction of sp³-hybridized carbons (Fsp3) is 0.120. The van der Waals surface area contributed by atoms with Crippen molar-refractivity contribution in [1.29, 1.82) is 0 Å². The Labute approximate surface area is 255 Å². The summed E-state index contributed by atoms with van der Waals surface area (Å²) in [4.78, 5) is 15.2. The van der Waals surface area contributed by atoms with Crippen molar-refractivity contribution in [3.8, 4) is 11.5 Å². The van der Waals surface area contributed by atoms with E-state index in [2.05, 4.69) is 38.5 Å². The first-order valence-electron chi connectivity index (χ1n) is 10.4. The van der Waals surface area contributed by atoms with Crippen molar-refractivity contribution in [1.82, 2.24) is 0 Å². The maximum Gasteiger partial charge on any atom is 0.270 e. The van der Waals surface area contributed by atoms with Gasteiger partial charge in [0, 0.05) is 20.1 Å². The molecular formula is C25H16BrCl3INO3S2. The fourth-order valence-electron chi connectivity index (χ4n) is 3.33. The predicted molar refractivity (Wildman–Crippen MR) is 166 cm³/mol. The Balaban J connectivity index is 1.61. The third-order valence-electron chi connectivity index (χ3n) is 4.97. The molecule has 3 aromatic rings. The van der Waals surface area contributed by atoms with E-state index in [1.54, 1.807) is 36.4 Å². The molecule has 0 unspecified atom stereocenters. The number of rotatable bonds is 7. The van der Waals surface area contributed by atoms with Crippen LogP contribution in [0.4, 0.5) is 5.69 Å². The second-order valence-electron chi connectivity index (χ2n) is 7.40. The van der Waals surface area contributed by atoms with Crippen LogP contribution in [0.15, 0.2) is 57.9 Å². The maximum atomic E-state index is 13.2. The molecule has 1 aliphatic heterocycles. The number of carbonyl (C=O) groups is 1. The van der Waals surface area contributed by atoms with Crippen molar-refractivity contribution in [3.05, 3.63) is 87.7 Å². The highest BCUT2D eigenvalue weighted by molar-refractivity contribution is 14.1. The Bertz CT molecular complexity index is 1400. The van der Waals surface area contributed by atoms with Gasteiger partial charge in [-0.2, -0.15) is 0 Å². The first kappa shape index (κ1) is 28.0. The summed E-state index contributed by atoms with van der Waals surface area (Å²) in [6, 6.07) is 14.3. The molecule has 0 aromatic heterocycles. The van der Waals surface area contributed by atoms with Crippen LogP contribution in [0.2, 0.25) is 15.1 Å². The van der Waals surface area contributed by atoms with Gasteiger partial charge in [0.25, 0.3) is 5.91 Å². The molecule has 0 atom stereocenters. The number of thiocarbonyl (C=S) groups is 1. The Kier molecular flexibility index (Phi) is 9.52. The van der Waals surface area contributed by atoms with Crippen molar-refractivity contribution in [2.75, 3.05) is 11.5 Å². The lowest BCUT2D eigenvalue weighted by Crippen LogP contribution is -2.27. The minimum atomic E-state index is -0.214. The van der Waals surface area contributed by atoms with Crippen LogP contribution in [0.5, 0.6) is 11.5 Å². The molecule has 0 bridgehead atoms. The zero-order valence-corrected chi connectivity index (χ0v) is 26.1. The molecule has 1 aliphatic rings. The smallest absolute Gasteiger partial charge is 0.270 e. The monoisotopic (exact) mass is 753 g/mol. The molecule has 11 heteroatoms. The van der Waals surface area contributed by atoms with Crippen molar-refractivity contribution in [2.45, 2.75) is 13.5 Å². The lowest BCUT2D eigenvalue weighted by Gasteiger charge is -2.16. The summed E-state index contributed by atoms with van der Waals surface area (Å²) in [6.45, 7) is 2.59. The fourth-order valence-corrected chi connectivity index (χ4v) is 6.29. The molecule has 4 rings (SSSR count). The lowest BCUT2D eigenvalue weighted by atomic mass is 10.1. The largest absolute Gasteiger partial charge is 0.490 e. The normalized spacial score (nSPS) is 14.6. The van der Waals surface area contributed by atoms with Gasteiger partial charge in [-0.25, -0.2) is 0 Å². The Morgan fingerprint density at radius 3 is 2.56 bits per heavy atom. The Morgan fingerprint density at radius 1 is 1.08 bits per heavy atom. The molecule has 0 N–H and O–H groups in total. The van der Waals surface area contributed by atoms with E-state index >= 15 is 0 Å². The number of hydrogen-bond donors (Lipinski definition) is 0. The molecule has 3 aromatic carbocycles. The number of halogens is 5. The molecule has 36 heavy (non-hydrogen) atoms. The van der Waals surface area contributed by atoms with E-state index in [9.17, 15) is 4.79 Å². The summed E-state index contributed by atoms with van der Waals surface area (Å²) in [5, 5.41) is 1.59. The molecule has 0 aliphatic carbocycles. The average Bonchev–Trinajstić information content (AvgIpc) is 3.09. The molecule has 186 valence electrons. The van der Waals surface area contributed by atoms with Gasteiger partial charge < -0.3 is 9.47 Å². The van der Waals surface area contributed by atoms with Crippen LogP contribution in [0.25, 0.3) is 6.08 Å². The second kappa shape index (κ2) is 12.2. The van der Waals surface area contributed by atoms with Gasteiger partial charge in [-0.05, 0) is 99.5 Å². The average molecular weight is 756 g/mol. The third kappa shape index (κ3) is 6.34. The molecule has 0 radical (unpaired) electrons. The highest BCUT2D eigenvalue weighted by Crippen LogP contribution is 2.40. The molecule has 1 fully saturated rings. The minimum absolute atomic E-state index is 0.214. The number of anilines is 1. The summed E-state index contributed by atoms with van der Waals surface area (Å²) in [6.07, 6.45) is 1.80. The van der Waals surface area contributed by atoms with E-state index < -0.39 is 0 Å². The summed E-state index contributed by atoms with van der Waals surface area (Å²) < 4.78 is 14.0.